The van der Waals surface area contributed by atoms with Crippen LogP contribution in [0.4, 0.5) is 27.1 Å². The van der Waals surface area contributed by atoms with Crippen molar-refractivity contribution < 1.29 is 23.8 Å². The third kappa shape index (κ3) is 4.04. The molecular formula is C17H15FN4O6. The van der Waals surface area contributed by atoms with Crippen molar-refractivity contribution >= 4 is 28.7 Å². The molecule has 0 unspecified atom stereocenters. The molecule has 11 heteroatoms. The maximum atomic E-state index is 14.0. The minimum atomic E-state index is -0.864. The lowest BCUT2D eigenvalue weighted by molar-refractivity contribution is -0.385. The summed E-state index contributed by atoms with van der Waals surface area (Å²) in [5, 5.41) is 24.2. The monoisotopic (exact) mass is 390 g/mol. The standard InChI is InChI=1S/C17H15FN4O6/c18-14-3-1-12(22(26)27)10-15(14)19-17(23)13-9-11(21(24)25)2-4-16(13)20-5-7-28-8-6-20/h1-4,9-10H,5-8H2,(H,19,23). The Morgan fingerprint density at radius 1 is 1.04 bits per heavy atom. The highest BCUT2D eigenvalue weighted by Gasteiger charge is 2.23. The first-order valence-corrected chi connectivity index (χ1v) is 8.23. The average molecular weight is 390 g/mol. The van der Waals surface area contributed by atoms with E-state index < -0.39 is 32.9 Å². The fraction of sp³-hybridized carbons (Fsp3) is 0.235. The molecule has 2 aromatic rings. The summed E-state index contributed by atoms with van der Waals surface area (Å²) in [5.74, 6) is -1.68. The van der Waals surface area contributed by atoms with Crippen LogP contribution in [0.25, 0.3) is 0 Å². The van der Waals surface area contributed by atoms with E-state index in [9.17, 15) is 29.4 Å². The lowest BCUT2D eigenvalue weighted by atomic mass is 10.1. The van der Waals surface area contributed by atoms with Crippen molar-refractivity contribution in [2.45, 2.75) is 0 Å². The fourth-order valence-corrected chi connectivity index (χ4v) is 2.81. The van der Waals surface area contributed by atoms with Gasteiger partial charge in [0.05, 0.1) is 40.0 Å². The van der Waals surface area contributed by atoms with Crippen LogP contribution in [0.2, 0.25) is 0 Å². The highest BCUT2D eigenvalue weighted by Crippen LogP contribution is 2.28. The summed E-state index contributed by atoms with van der Waals surface area (Å²) in [6.45, 7) is 1.81. The number of ether oxygens (including phenoxy) is 1. The Morgan fingerprint density at radius 2 is 1.64 bits per heavy atom. The summed E-state index contributed by atoms with van der Waals surface area (Å²) in [6, 6.07) is 6.54. The van der Waals surface area contributed by atoms with E-state index in [1.165, 1.54) is 12.1 Å². The van der Waals surface area contributed by atoms with Gasteiger partial charge in [0, 0.05) is 37.4 Å². The second-order valence-corrected chi connectivity index (χ2v) is 5.93. The van der Waals surface area contributed by atoms with Gasteiger partial charge in [-0.15, -0.1) is 0 Å². The van der Waals surface area contributed by atoms with E-state index in [1.54, 1.807) is 0 Å². The molecule has 0 saturated carbocycles. The molecule has 28 heavy (non-hydrogen) atoms. The van der Waals surface area contributed by atoms with Gasteiger partial charge in [0.25, 0.3) is 17.3 Å². The Labute approximate surface area is 157 Å². The van der Waals surface area contributed by atoms with Gasteiger partial charge in [-0.25, -0.2) is 4.39 Å². The van der Waals surface area contributed by atoms with Crippen molar-refractivity contribution in [2.24, 2.45) is 0 Å². The van der Waals surface area contributed by atoms with E-state index in [4.69, 9.17) is 4.74 Å². The van der Waals surface area contributed by atoms with E-state index in [1.807, 2.05) is 4.90 Å². The number of non-ortho nitro benzene ring substituents is 2. The Hall–Kier alpha value is -3.60. The van der Waals surface area contributed by atoms with Crippen LogP contribution < -0.4 is 10.2 Å². The van der Waals surface area contributed by atoms with Gasteiger partial charge < -0.3 is 15.0 Å². The van der Waals surface area contributed by atoms with Crippen LogP contribution >= 0.6 is 0 Å². The van der Waals surface area contributed by atoms with E-state index in [0.29, 0.717) is 32.0 Å². The molecule has 1 N–H and O–H groups in total. The maximum absolute atomic E-state index is 14.0. The fourth-order valence-electron chi connectivity index (χ4n) is 2.81. The quantitative estimate of drug-likeness (QED) is 0.614. The molecule has 146 valence electrons. The molecule has 0 aliphatic carbocycles. The number of rotatable bonds is 5. The van der Waals surface area contributed by atoms with Crippen LogP contribution in [0.5, 0.6) is 0 Å². The minimum Gasteiger partial charge on any atom is -0.378 e. The number of anilines is 2. The van der Waals surface area contributed by atoms with Gasteiger partial charge in [0.15, 0.2) is 0 Å². The van der Waals surface area contributed by atoms with Gasteiger partial charge in [-0.2, -0.15) is 0 Å². The number of nitro groups is 2. The molecule has 10 nitrogen and oxygen atoms in total. The molecule has 0 bridgehead atoms. The predicted molar refractivity (Wildman–Crippen MR) is 97.1 cm³/mol. The normalized spacial score (nSPS) is 13.8. The summed E-state index contributed by atoms with van der Waals surface area (Å²) >= 11 is 0. The topological polar surface area (TPSA) is 128 Å². The molecule has 1 fully saturated rings. The zero-order chi connectivity index (χ0) is 20.3. The predicted octanol–water partition coefficient (Wildman–Crippen LogP) is 2.73. The van der Waals surface area contributed by atoms with Crippen molar-refractivity contribution in [3.8, 4) is 0 Å². The summed E-state index contributed by atoms with van der Waals surface area (Å²) in [6.07, 6.45) is 0. The highest BCUT2D eigenvalue weighted by atomic mass is 19.1. The van der Waals surface area contributed by atoms with Gasteiger partial charge >= 0.3 is 0 Å². The Bertz CT molecular complexity index is 945. The number of halogens is 1. The number of nitro benzene ring substituents is 2. The van der Waals surface area contributed by atoms with Crippen LogP contribution in [0.15, 0.2) is 36.4 Å². The summed E-state index contributed by atoms with van der Waals surface area (Å²) in [7, 11) is 0. The van der Waals surface area contributed by atoms with Crippen LogP contribution in [0, 0.1) is 26.0 Å². The number of hydrogen-bond donors (Lipinski definition) is 1. The van der Waals surface area contributed by atoms with Gasteiger partial charge in [-0.3, -0.25) is 25.0 Å². The number of carbonyl (C=O) groups excluding carboxylic acids is 1. The van der Waals surface area contributed by atoms with E-state index >= 15 is 0 Å². The van der Waals surface area contributed by atoms with Gasteiger partial charge in [-0.05, 0) is 12.1 Å². The number of benzene rings is 2. The zero-order valence-electron chi connectivity index (χ0n) is 14.5. The van der Waals surface area contributed by atoms with Crippen molar-refractivity contribution in [1.29, 1.82) is 0 Å². The molecule has 2 aromatic carbocycles. The van der Waals surface area contributed by atoms with Crippen molar-refractivity contribution in [2.75, 3.05) is 36.5 Å². The third-order valence-electron chi connectivity index (χ3n) is 4.20. The molecule has 1 aliphatic heterocycles. The molecule has 1 saturated heterocycles. The van der Waals surface area contributed by atoms with Crippen molar-refractivity contribution in [1.82, 2.24) is 0 Å². The molecule has 1 amide bonds. The first kappa shape index (κ1) is 19.2. The maximum Gasteiger partial charge on any atom is 0.271 e. The van der Waals surface area contributed by atoms with E-state index in [2.05, 4.69) is 5.32 Å². The second-order valence-electron chi connectivity index (χ2n) is 5.93. The van der Waals surface area contributed by atoms with Gasteiger partial charge in [0.2, 0.25) is 0 Å². The third-order valence-corrected chi connectivity index (χ3v) is 4.20. The lowest BCUT2D eigenvalue weighted by Gasteiger charge is -2.30. The SMILES string of the molecule is O=C(Nc1cc([N+](=O)[O-])ccc1F)c1cc([N+](=O)[O-])ccc1N1CCOCC1. The number of nitrogens with zero attached hydrogens (tertiary/aromatic N) is 3. The summed E-state index contributed by atoms with van der Waals surface area (Å²) in [4.78, 5) is 35.2. The first-order chi connectivity index (χ1) is 13.4. The molecule has 0 spiro atoms. The number of nitrogens with one attached hydrogen (secondary N) is 1. The van der Waals surface area contributed by atoms with Crippen molar-refractivity contribution in [3.05, 3.63) is 68.0 Å². The van der Waals surface area contributed by atoms with Crippen LogP contribution in [0.3, 0.4) is 0 Å². The molecule has 0 aromatic heterocycles. The van der Waals surface area contributed by atoms with Crippen molar-refractivity contribution in [3.63, 3.8) is 0 Å². The smallest absolute Gasteiger partial charge is 0.271 e. The Kier molecular flexibility index (Phi) is 5.45. The number of carbonyl (C=O) groups is 1. The van der Waals surface area contributed by atoms with Crippen LogP contribution in [-0.2, 0) is 4.74 Å². The molecule has 1 aliphatic rings. The van der Waals surface area contributed by atoms with Crippen LogP contribution in [-0.4, -0.2) is 42.1 Å². The average Bonchev–Trinajstić information content (AvgIpc) is 2.69. The number of amides is 1. The molecule has 3 rings (SSSR count). The van der Waals surface area contributed by atoms with E-state index in [-0.39, 0.29) is 11.3 Å². The molecule has 1 heterocycles. The van der Waals surface area contributed by atoms with Gasteiger partial charge in [-0.1, -0.05) is 0 Å². The highest BCUT2D eigenvalue weighted by molar-refractivity contribution is 6.08. The number of morpholine rings is 1. The first-order valence-electron chi connectivity index (χ1n) is 8.23. The summed E-state index contributed by atoms with van der Waals surface area (Å²) < 4.78 is 19.3. The molecular weight excluding hydrogens is 375 g/mol. The largest absolute Gasteiger partial charge is 0.378 e. The summed E-state index contributed by atoms with van der Waals surface area (Å²) in [5.41, 5.74) is -0.705. The van der Waals surface area contributed by atoms with Gasteiger partial charge in [0.1, 0.15) is 5.82 Å². The lowest BCUT2D eigenvalue weighted by Crippen LogP contribution is -2.37. The molecule has 0 radical (unpaired) electrons. The second kappa shape index (κ2) is 7.96. The Morgan fingerprint density at radius 3 is 2.29 bits per heavy atom. The minimum absolute atomic E-state index is 0.0398. The Balaban J connectivity index is 1.97. The zero-order valence-corrected chi connectivity index (χ0v) is 14.5. The van der Waals surface area contributed by atoms with Crippen LogP contribution in [0.1, 0.15) is 10.4 Å². The number of hydrogen-bond acceptors (Lipinski definition) is 7. The molecule has 0 atom stereocenters. The van der Waals surface area contributed by atoms with E-state index in [0.717, 1.165) is 24.3 Å².